The monoisotopic (exact) mass is 346 g/mol. The number of likely N-dealkylation sites (tertiary alicyclic amines) is 1. The quantitative estimate of drug-likeness (QED) is 0.770. The van der Waals surface area contributed by atoms with Gasteiger partial charge in [-0.15, -0.1) is 10.2 Å². The first-order chi connectivity index (χ1) is 12.1. The van der Waals surface area contributed by atoms with Crippen molar-refractivity contribution in [2.24, 2.45) is 0 Å². The Hall–Kier alpha value is -2.29. The third-order valence-electron chi connectivity index (χ3n) is 4.74. The van der Waals surface area contributed by atoms with Crippen LogP contribution in [0, 0.1) is 6.92 Å². The van der Waals surface area contributed by atoms with Crippen molar-refractivity contribution in [3.05, 3.63) is 23.5 Å². The summed E-state index contributed by atoms with van der Waals surface area (Å²) in [4.78, 5) is 20.3. The lowest BCUT2D eigenvalue weighted by molar-refractivity contribution is -0.131. The first-order valence-electron chi connectivity index (χ1n) is 8.69. The second kappa shape index (κ2) is 6.55. The van der Waals surface area contributed by atoms with E-state index in [4.69, 9.17) is 8.94 Å². The van der Waals surface area contributed by atoms with Gasteiger partial charge in [0.25, 0.3) is 0 Å². The van der Waals surface area contributed by atoms with E-state index >= 15 is 0 Å². The lowest BCUT2D eigenvalue weighted by Crippen LogP contribution is -2.40. The fourth-order valence-electron chi connectivity index (χ4n) is 3.28. The van der Waals surface area contributed by atoms with E-state index in [0.29, 0.717) is 36.6 Å². The van der Waals surface area contributed by atoms with Crippen LogP contribution in [-0.4, -0.2) is 55.2 Å². The SMILES string of the molecule is CC(=O)N(Cc1noc(C)n1)C1CCN(Cc2nnc(C3CC3)o2)C1. The molecule has 0 bridgehead atoms. The summed E-state index contributed by atoms with van der Waals surface area (Å²) in [7, 11) is 0. The molecule has 134 valence electrons. The first kappa shape index (κ1) is 16.2. The maximum Gasteiger partial charge on any atom is 0.230 e. The van der Waals surface area contributed by atoms with E-state index in [2.05, 4.69) is 25.2 Å². The largest absolute Gasteiger partial charge is 0.424 e. The van der Waals surface area contributed by atoms with Crippen LogP contribution in [0.15, 0.2) is 8.94 Å². The first-order valence-corrected chi connectivity index (χ1v) is 8.69. The van der Waals surface area contributed by atoms with Crippen molar-refractivity contribution < 1.29 is 13.7 Å². The Kier molecular flexibility index (Phi) is 4.24. The summed E-state index contributed by atoms with van der Waals surface area (Å²) in [5.41, 5.74) is 0. The molecule has 1 aliphatic heterocycles. The van der Waals surface area contributed by atoms with Crippen molar-refractivity contribution in [3.8, 4) is 0 Å². The van der Waals surface area contributed by atoms with Crippen LogP contribution in [0.3, 0.4) is 0 Å². The van der Waals surface area contributed by atoms with Crippen molar-refractivity contribution in [1.29, 1.82) is 0 Å². The number of rotatable bonds is 6. The maximum absolute atomic E-state index is 12.1. The van der Waals surface area contributed by atoms with Crippen LogP contribution in [0.4, 0.5) is 0 Å². The predicted octanol–water partition coefficient (Wildman–Crippen LogP) is 1.26. The van der Waals surface area contributed by atoms with Crippen molar-refractivity contribution in [2.75, 3.05) is 13.1 Å². The molecule has 9 nitrogen and oxygen atoms in total. The molecule has 1 atom stereocenters. The molecule has 1 saturated heterocycles. The van der Waals surface area contributed by atoms with Gasteiger partial charge in [0, 0.05) is 38.9 Å². The van der Waals surface area contributed by atoms with Crippen LogP contribution in [0.5, 0.6) is 0 Å². The Morgan fingerprint density at radius 2 is 2.16 bits per heavy atom. The molecule has 2 aliphatic rings. The number of aromatic nitrogens is 4. The molecule has 0 radical (unpaired) electrons. The average molecular weight is 346 g/mol. The third kappa shape index (κ3) is 3.71. The molecule has 1 aliphatic carbocycles. The minimum Gasteiger partial charge on any atom is -0.424 e. The molecule has 9 heteroatoms. The minimum atomic E-state index is 0.0168. The zero-order chi connectivity index (χ0) is 17.4. The summed E-state index contributed by atoms with van der Waals surface area (Å²) in [5.74, 6) is 2.96. The Morgan fingerprint density at radius 3 is 2.84 bits per heavy atom. The highest BCUT2D eigenvalue weighted by Crippen LogP contribution is 2.39. The lowest BCUT2D eigenvalue weighted by atomic mass is 10.2. The van der Waals surface area contributed by atoms with Gasteiger partial charge in [-0.1, -0.05) is 5.16 Å². The molecular formula is C16H22N6O3. The van der Waals surface area contributed by atoms with E-state index in [1.807, 2.05) is 4.90 Å². The highest BCUT2D eigenvalue weighted by molar-refractivity contribution is 5.73. The molecule has 4 rings (SSSR count). The van der Waals surface area contributed by atoms with Crippen LogP contribution in [0.25, 0.3) is 0 Å². The van der Waals surface area contributed by atoms with Gasteiger partial charge in [-0.2, -0.15) is 4.98 Å². The zero-order valence-corrected chi connectivity index (χ0v) is 14.5. The van der Waals surface area contributed by atoms with Gasteiger partial charge in [0.15, 0.2) is 5.82 Å². The summed E-state index contributed by atoms with van der Waals surface area (Å²) in [5, 5.41) is 12.2. The van der Waals surface area contributed by atoms with Crippen LogP contribution in [-0.2, 0) is 17.9 Å². The topological polar surface area (TPSA) is 101 Å². The lowest BCUT2D eigenvalue weighted by Gasteiger charge is -2.26. The second-order valence-corrected chi connectivity index (χ2v) is 6.86. The van der Waals surface area contributed by atoms with Gasteiger partial charge >= 0.3 is 0 Å². The summed E-state index contributed by atoms with van der Waals surface area (Å²) in [6, 6.07) is 0.127. The fraction of sp³-hybridized carbons (Fsp3) is 0.688. The molecule has 1 amide bonds. The molecule has 2 aromatic heterocycles. The van der Waals surface area contributed by atoms with E-state index in [1.54, 1.807) is 13.8 Å². The zero-order valence-electron chi connectivity index (χ0n) is 14.5. The number of amides is 1. The van der Waals surface area contributed by atoms with E-state index in [-0.39, 0.29) is 11.9 Å². The second-order valence-electron chi connectivity index (χ2n) is 6.86. The highest BCUT2D eigenvalue weighted by atomic mass is 16.5. The van der Waals surface area contributed by atoms with E-state index in [9.17, 15) is 4.79 Å². The van der Waals surface area contributed by atoms with Gasteiger partial charge in [-0.05, 0) is 19.3 Å². The molecule has 25 heavy (non-hydrogen) atoms. The van der Waals surface area contributed by atoms with E-state index in [0.717, 1.165) is 38.2 Å². The van der Waals surface area contributed by atoms with E-state index < -0.39 is 0 Å². The predicted molar refractivity (Wildman–Crippen MR) is 85.2 cm³/mol. The molecule has 2 fully saturated rings. The Morgan fingerprint density at radius 1 is 1.32 bits per heavy atom. The average Bonchev–Trinajstić information content (AvgIpc) is 2.95. The van der Waals surface area contributed by atoms with Crippen molar-refractivity contribution in [2.45, 2.75) is 58.2 Å². The standard InChI is InChI=1S/C16H22N6O3/c1-10-17-14(20-25-10)8-22(11(2)23)13-5-6-21(7-13)9-15-18-19-16(24-15)12-3-4-12/h12-13H,3-9H2,1-2H3. The van der Waals surface area contributed by atoms with Crippen LogP contribution >= 0.6 is 0 Å². The van der Waals surface area contributed by atoms with Gasteiger partial charge in [-0.25, -0.2) is 0 Å². The van der Waals surface area contributed by atoms with E-state index in [1.165, 1.54) is 0 Å². The molecule has 0 N–H and O–H groups in total. The molecule has 3 heterocycles. The van der Waals surface area contributed by atoms with Gasteiger partial charge in [0.1, 0.15) is 0 Å². The molecule has 1 saturated carbocycles. The summed E-state index contributed by atoms with van der Waals surface area (Å²) < 4.78 is 10.7. The number of aryl methyl sites for hydroxylation is 1. The van der Waals surface area contributed by atoms with Crippen molar-refractivity contribution in [3.63, 3.8) is 0 Å². The molecule has 1 unspecified atom stereocenters. The smallest absolute Gasteiger partial charge is 0.230 e. The number of carbonyl (C=O) groups is 1. The maximum atomic E-state index is 12.1. The highest BCUT2D eigenvalue weighted by Gasteiger charge is 2.32. The number of hydrogen-bond donors (Lipinski definition) is 0. The normalized spacial score (nSPS) is 21.0. The number of hydrogen-bond acceptors (Lipinski definition) is 8. The Labute approximate surface area is 145 Å². The van der Waals surface area contributed by atoms with Crippen LogP contribution in [0.2, 0.25) is 0 Å². The third-order valence-corrected chi connectivity index (χ3v) is 4.74. The van der Waals surface area contributed by atoms with Gasteiger partial charge in [0.2, 0.25) is 23.6 Å². The fourth-order valence-corrected chi connectivity index (χ4v) is 3.28. The number of carbonyl (C=O) groups excluding carboxylic acids is 1. The summed E-state index contributed by atoms with van der Waals surface area (Å²) in [6.45, 7) is 5.99. The minimum absolute atomic E-state index is 0.0168. The van der Waals surface area contributed by atoms with Crippen LogP contribution < -0.4 is 0 Å². The summed E-state index contributed by atoms with van der Waals surface area (Å²) >= 11 is 0. The van der Waals surface area contributed by atoms with Gasteiger partial charge in [0.05, 0.1) is 13.1 Å². The summed E-state index contributed by atoms with van der Waals surface area (Å²) in [6.07, 6.45) is 3.20. The van der Waals surface area contributed by atoms with Crippen molar-refractivity contribution >= 4 is 5.91 Å². The van der Waals surface area contributed by atoms with Crippen LogP contribution in [0.1, 0.15) is 55.6 Å². The molecule has 2 aromatic rings. The number of nitrogens with zero attached hydrogens (tertiary/aromatic N) is 6. The van der Waals surface area contributed by atoms with Crippen molar-refractivity contribution in [1.82, 2.24) is 30.1 Å². The Balaban J connectivity index is 1.36. The van der Waals surface area contributed by atoms with Gasteiger partial charge in [-0.3, -0.25) is 9.69 Å². The molecule has 0 aromatic carbocycles. The molecular weight excluding hydrogens is 324 g/mol. The Bertz CT molecular complexity index is 753. The molecule has 0 spiro atoms. The van der Waals surface area contributed by atoms with Gasteiger partial charge < -0.3 is 13.8 Å².